The van der Waals surface area contributed by atoms with E-state index in [9.17, 15) is 9.59 Å². The summed E-state index contributed by atoms with van der Waals surface area (Å²) < 4.78 is 0. The van der Waals surface area contributed by atoms with Crippen molar-refractivity contribution in [2.75, 3.05) is 24.6 Å². The first-order chi connectivity index (χ1) is 13.1. The molecule has 3 aliphatic rings. The number of aliphatic hydroxyl groups is 1. The van der Waals surface area contributed by atoms with Crippen LogP contribution in [0.5, 0.6) is 0 Å². The zero-order chi connectivity index (χ0) is 18.8. The van der Waals surface area contributed by atoms with Gasteiger partial charge in [-0.25, -0.2) is 0 Å². The Bertz CT molecular complexity index is 713. The lowest BCUT2D eigenvalue weighted by Crippen LogP contribution is -2.50. The third-order valence-corrected chi connectivity index (χ3v) is 6.34. The van der Waals surface area contributed by atoms with Crippen LogP contribution in [0.2, 0.25) is 0 Å². The van der Waals surface area contributed by atoms with Gasteiger partial charge in [0, 0.05) is 44.9 Å². The summed E-state index contributed by atoms with van der Waals surface area (Å²) in [6, 6.07) is 6.51. The molecule has 1 aromatic rings. The largest absolute Gasteiger partial charge is 0.396 e. The van der Waals surface area contributed by atoms with Gasteiger partial charge in [-0.05, 0) is 61.3 Å². The lowest BCUT2D eigenvalue weighted by atomic mass is 9.92. The Morgan fingerprint density at radius 3 is 2.59 bits per heavy atom. The second-order valence-corrected chi connectivity index (χ2v) is 8.12. The number of nitrogens with zero attached hydrogens (tertiary/aromatic N) is 2. The number of hydrogen-bond donors (Lipinski definition) is 2. The highest BCUT2D eigenvalue weighted by molar-refractivity contribution is 6.00. The Labute approximate surface area is 160 Å². The zero-order valence-corrected chi connectivity index (χ0v) is 15.8. The van der Waals surface area contributed by atoms with Crippen molar-refractivity contribution >= 4 is 17.5 Å². The Balaban J connectivity index is 1.37. The van der Waals surface area contributed by atoms with E-state index in [-0.39, 0.29) is 17.9 Å². The van der Waals surface area contributed by atoms with Gasteiger partial charge in [0.2, 0.25) is 11.8 Å². The zero-order valence-electron chi connectivity index (χ0n) is 15.8. The Morgan fingerprint density at radius 2 is 1.85 bits per heavy atom. The summed E-state index contributed by atoms with van der Waals surface area (Å²) in [5.41, 5.74) is 3.88. The minimum absolute atomic E-state index is 0.149. The highest BCUT2D eigenvalue weighted by atomic mass is 16.3. The normalized spacial score (nSPS) is 24.2. The monoisotopic (exact) mass is 371 g/mol. The van der Waals surface area contributed by atoms with E-state index < -0.39 is 0 Å². The van der Waals surface area contributed by atoms with Crippen LogP contribution in [0.3, 0.4) is 0 Å². The third kappa shape index (κ3) is 4.01. The molecule has 0 saturated carbocycles. The molecule has 146 valence electrons. The number of imide groups is 1. The second kappa shape index (κ2) is 7.98. The maximum atomic E-state index is 12.2. The van der Waals surface area contributed by atoms with Crippen molar-refractivity contribution in [2.45, 2.75) is 57.7 Å². The Hall–Kier alpha value is -1.92. The summed E-state index contributed by atoms with van der Waals surface area (Å²) in [4.78, 5) is 28.2. The van der Waals surface area contributed by atoms with Crippen LogP contribution < -0.4 is 10.2 Å². The van der Waals surface area contributed by atoms with Gasteiger partial charge in [0.15, 0.2) is 0 Å². The third-order valence-electron chi connectivity index (χ3n) is 6.34. The Morgan fingerprint density at radius 1 is 1.07 bits per heavy atom. The standard InChI is InChI=1S/C21H29N3O3/c25-11-1-2-15-7-9-23(10-8-15)18-4-3-16-13-24(14-17(16)12-18)19-5-6-20(26)22-21(19)27/h3-4,12,15,19,25H,1-2,5-11,13-14H2,(H,22,26,27). The number of amides is 2. The van der Waals surface area contributed by atoms with Gasteiger partial charge < -0.3 is 10.0 Å². The van der Waals surface area contributed by atoms with Crippen molar-refractivity contribution in [1.82, 2.24) is 10.2 Å². The summed E-state index contributed by atoms with van der Waals surface area (Å²) in [5.74, 6) is 0.438. The molecule has 2 N–H and O–H groups in total. The van der Waals surface area contributed by atoms with E-state index in [1.54, 1.807) is 0 Å². The lowest BCUT2D eigenvalue weighted by molar-refractivity contribution is -0.137. The number of aliphatic hydroxyl groups excluding tert-OH is 1. The minimum atomic E-state index is -0.194. The number of fused-ring (bicyclic) bond motifs is 1. The molecule has 2 amide bonds. The van der Waals surface area contributed by atoms with E-state index in [0.29, 0.717) is 19.4 Å². The molecule has 0 aromatic heterocycles. The maximum absolute atomic E-state index is 12.2. The van der Waals surface area contributed by atoms with Gasteiger partial charge in [-0.3, -0.25) is 19.8 Å². The molecule has 0 spiro atoms. The van der Waals surface area contributed by atoms with Crippen LogP contribution in [0.4, 0.5) is 5.69 Å². The first kappa shape index (κ1) is 18.4. The fraction of sp³-hybridized carbons (Fsp3) is 0.619. The van der Waals surface area contributed by atoms with Gasteiger partial charge in [-0.2, -0.15) is 0 Å². The molecule has 6 heteroatoms. The molecule has 3 aliphatic heterocycles. The fourth-order valence-corrected chi connectivity index (χ4v) is 4.71. The number of anilines is 1. The van der Waals surface area contributed by atoms with Crippen LogP contribution in [0, 0.1) is 5.92 Å². The summed E-state index contributed by atoms with van der Waals surface area (Å²) in [7, 11) is 0. The molecule has 6 nitrogen and oxygen atoms in total. The van der Waals surface area contributed by atoms with Gasteiger partial charge in [0.1, 0.15) is 0 Å². The average molecular weight is 371 g/mol. The molecule has 0 aliphatic carbocycles. The topological polar surface area (TPSA) is 72.9 Å². The van der Waals surface area contributed by atoms with E-state index in [1.165, 1.54) is 29.7 Å². The fourth-order valence-electron chi connectivity index (χ4n) is 4.71. The predicted octanol–water partition coefficient (Wildman–Crippen LogP) is 1.80. The van der Waals surface area contributed by atoms with Crippen molar-refractivity contribution in [3.63, 3.8) is 0 Å². The van der Waals surface area contributed by atoms with E-state index in [1.807, 2.05) is 0 Å². The Kier molecular flexibility index (Phi) is 5.45. The van der Waals surface area contributed by atoms with E-state index in [4.69, 9.17) is 5.11 Å². The molecular weight excluding hydrogens is 342 g/mol. The summed E-state index contributed by atoms with van der Waals surface area (Å²) >= 11 is 0. The highest BCUT2D eigenvalue weighted by Gasteiger charge is 2.34. The average Bonchev–Trinajstić information content (AvgIpc) is 3.09. The van der Waals surface area contributed by atoms with E-state index in [2.05, 4.69) is 33.3 Å². The minimum Gasteiger partial charge on any atom is -0.396 e. The summed E-state index contributed by atoms with van der Waals surface area (Å²) in [5, 5.41) is 11.5. The first-order valence-corrected chi connectivity index (χ1v) is 10.2. The second-order valence-electron chi connectivity index (χ2n) is 8.12. The summed E-state index contributed by atoms with van der Waals surface area (Å²) in [6.45, 7) is 4.01. The molecular formula is C21H29N3O3. The molecule has 2 saturated heterocycles. The number of carbonyl (C=O) groups is 2. The van der Waals surface area contributed by atoms with Gasteiger partial charge in [0.25, 0.3) is 0 Å². The maximum Gasteiger partial charge on any atom is 0.243 e. The van der Waals surface area contributed by atoms with Crippen molar-refractivity contribution < 1.29 is 14.7 Å². The molecule has 0 bridgehead atoms. The van der Waals surface area contributed by atoms with Crippen LogP contribution in [-0.4, -0.2) is 47.6 Å². The van der Waals surface area contributed by atoms with E-state index in [0.717, 1.165) is 44.9 Å². The smallest absolute Gasteiger partial charge is 0.243 e. The number of piperidine rings is 2. The molecule has 2 fully saturated rings. The van der Waals surface area contributed by atoms with E-state index >= 15 is 0 Å². The number of rotatable bonds is 5. The number of nitrogens with one attached hydrogen (secondary N) is 1. The first-order valence-electron chi connectivity index (χ1n) is 10.2. The van der Waals surface area contributed by atoms with Gasteiger partial charge in [0.05, 0.1) is 6.04 Å². The van der Waals surface area contributed by atoms with Crippen molar-refractivity contribution in [2.24, 2.45) is 5.92 Å². The van der Waals surface area contributed by atoms with Crippen molar-refractivity contribution in [1.29, 1.82) is 0 Å². The molecule has 4 rings (SSSR count). The molecule has 0 radical (unpaired) electrons. The molecule has 3 heterocycles. The highest BCUT2D eigenvalue weighted by Crippen LogP contribution is 2.32. The molecule has 1 aromatic carbocycles. The lowest BCUT2D eigenvalue weighted by Gasteiger charge is -2.34. The van der Waals surface area contributed by atoms with Crippen LogP contribution in [0.15, 0.2) is 18.2 Å². The number of carbonyl (C=O) groups excluding carboxylic acids is 2. The van der Waals surface area contributed by atoms with Gasteiger partial charge in [-0.15, -0.1) is 0 Å². The van der Waals surface area contributed by atoms with Crippen molar-refractivity contribution in [3.05, 3.63) is 29.3 Å². The summed E-state index contributed by atoms with van der Waals surface area (Å²) in [6.07, 6.45) is 5.49. The molecule has 1 atom stereocenters. The van der Waals surface area contributed by atoms with Crippen LogP contribution in [0.25, 0.3) is 0 Å². The quantitative estimate of drug-likeness (QED) is 0.772. The number of benzene rings is 1. The molecule has 1 unspecified atom stereocenters. The van der Waals surface area contributed by atoms with Crippen LogP contribution in [-0.2, 0) is 22.7 Å². The molecule has 27 heavy (non-hydrogen) atoms. The SMILES string of the molecule is O=C1CCC(N2Cc3ccc(N4CCC(CCCO)CC4)cc3C2)C(=O)N1. The van der Waals surface area contributed by atoms with Gasteiger partial charge >= 0.3 is 0 Å². The van der Waals surface area contributed by atoms with Crippen LogP contribution >= 0.6 is 0 Å². The van der Waals surface area contributed by atoms with Gasteiger partial charge in [-0.1, -0.05) is 6.07 Å². The van der Waals surface area contributed by atoms with Crippen LogP contribution in [0.1, 0.15) is 49.7 Å². The number of hydrogen-bond acceptors (Lipinski definition) is 5. The predicted molar refractivity (Wildman–Crippen MR) is 103 cm³/mol. The van der Waals surface area contributed by atoms with Crippen molar-refractivity contribution in [3.8, 4) is 0 Å².